The van der Waals surface area contributed by atoms with Crippen molar-refractivity contribution in [1.29, 1.82) is 0 Å². The quantitative estimate of drug-likeness (QED) is 0.762. The van der Waals surface area contributed by atoms with Crippen LogP contribution in [0.25, 0.3) is 0 Å². The molecule has 1 aromatic rings. The number of hydrogen-bond acceptors (Lipinski definition) is 3. The van der Waals surface area contributed by atoms with Crippen molar-refractivity contribution in [2.45, 2.75) is 32.8 Å². The summed E-state index contributed by atoms with van der Waals surface area (Å²) in [6, 6.07) is 1.25. The highest BCUT2D eigenvalue weighted by molar-refractivity contribution is 6.30. The molecule has 5 heteroatoms. The fourth-order valence-corrected chi connectivity index (χ4v) is 1.44. The van der Waals surface area contributed by atoms with Gasteiger partial charge >= 0.3 is 0 Å². The van der Waals surface area contributed by atoms with E-state index in [4.69, 9.17) is 16.3 Å². The lowest BCUT2D eigenvalue weighted by molar-refractivity contribution is 0.0765. The van der Waals surface area contributed by atoms with E-state index in [1.165, 1.54) is 12.3 Å². The highest BCUT2D eigenvalue weighted by atomic mass is 35.5. The molecule has 0 bridgehead atoms. The van der Waals surface area contributed by atoms with E-state index in [2.05, 4.69) is 10.3 Å². The first-order chi connectivity index (χ1) is 8.09. The molecule has 0 aliphatic heterocycles. The van der Waals surface area contributed by atoms with Gasteiger partial charge in [0.05, 0.1) is 11.1 Å². The SMILES string of the molecule is CC(C)OCCCCNc1ncc(Cl)cc1F. The van der Waals surface area contributed by atoms with Crippen molar-refractivity contribution in [1.82, 2.24) is 4.98 Å². The summed E-state index contributed by atoms with van der Waals surface area (Å²) in [5, 5.41) is 3.23. The standard InChI is InChI=1S/C12H18ClFN2O/c1-9(2)17-6-4-3-5-15-12-11(14)7-10(13)8-16-12/h7-9H,3-6H2,1-2H3,(H,15,16). The molecule has 1 heterocycles. The summed E-state index contributed by atoms with van der Waals surface area (Å²) in [4.78, 5) is 3.87. The van der Waals surface area contributed by atoms with Crippen molar-refractivity contribution in [2.75, 3.05) is 18.5 Å². The largest absolute Gasteiger partial charge is 0.379 e. The molecule has 0 radical (unpaired) electrons. The molecule has 0 aliphatic carbocycles. The van der Waals surface area contributed by atoms with Crippen molar-refractivity contribution >= 4 is 17.4 Å². The van der Waals surface area contributed by atoms with Crippen LogP contribution < -0.4 is 5.32 Å². The molecule has 1 N–H and O–H groups in total. The molecular formula is C12H18ClFN2O. The van der Waals surface area contributed by atoms with Crippen LogP contribution in [0.5, 0.6) is 0 Å². The fourth-order valence-electron chi connectivity index (χ4n) is 1.30. The van der Waals surface area contributed by atoms with Crippen molar-refractivity contribution in [3.05, 3.63) is 23.1 Å². The zero-order chi connectivity index (χ0) is 12.7. The second kappa shape index (κ2) is 7.45. The number of unbranched alkanes of at least 4 members (excludes halogenated alkanes) is 1. The summed E-state index contributed by atoms with van der Waals surface area (Å²) < 4.78 is 18.7. The summed E-state index contributed by atoms with van der Waals surface area (Å²) in [5.74, 6) is -0.171. The van der Waals surface area contributed by atoms with Crippen LogP contribution in [0.3, 0.4) is 0 Å². The molecule has 1 aromatic heterocycles. The Balaban J connectivity index is 2.18. The Labute approximate surface area is 106 Å². The highest BCUT2D eigenvalue weighted by Gasteiger charge is 2.03. The van der Waals surface area contributed by atoms with Gasteiger partial charge in [0.25, 0.3) is 0 Å². The van der Waals surface area contributed by atoms with Crippen LogP contribution in [0.15, 0.2) is 12.3 Å². The van der Waals surface area contributed by atoms with Gasteiger partial charge in [-0.15, -0.1) is 0 Å². The predicted octanol–water partition coefficient (Wildman–Crippen LogP) is 3.49. The van der Waals surface area contributed by atoms with Gasteiger partial charge in [0.1, 0.15) is 0 Å². The normalized spacial score (nSPS) is 10.9. The lowest BCUT2D eigenvalue weighted by Gasteiger charge is -2.08. The van der Waals surface area contributed by atoms with E-state index >= 15 is 0 Å². The minimum absolute atomic E-state index is 0.249. The number of aromatic nitrogens is 1. The van der Waals surface area contributed by atoms with Gasteiger partial charge in [-0.25, -0.2) is 9.37 Å². The number of ether oxygens (including phenoxy) is 1. The lowest BCUT2D eigenvalue weighted by Crippen LogP contribution is -2.08. The van der Waals surface area contributed by atoms with E-state index < -0.39 is 5.82 Å². The van der Waals surface area contributed by atoms with Gasteiger partial charge in [0.2, 0.25) is 0 Å². The Morgan fingerprint density at radius 1 is 1.47 bits per heavy atom. The van der Waals surface area contributed by atoms with Crippen LogP contribution >= 0.6 is 11.6 Å². The molecule has 0 spiro atoms. The number of hydrogen-bond donors (Lipinski definition) is 1. The first-order valence-corrected chi connectivity index (χ1v) is 6.14. The van der Waals surface area contributed by atoms with Gasteiger partial charge in [-0.3, -0.25) is 0 Å². The van der Waals surface area contributed by atoms with Gasteiger partial charge in [-0.2, -0.15) is 0 Å². The average molecular weight is 261 g/mol. The van der Waals surface area contributed by atoms with Gasteiger partial charge in [0, 0.05) is 19.3 Å². The van der Waals surface area contributed by atoms with Crippen LogP contribution in [0.2, 0.25) is 5.02 Å². The Morgan fingerprint density at radius 3 is 2.88 bits per heavy atom. The third kappa shape index (κ3) is 5.84. The van der Waals surface area contributed by atoms with E-state index in [1.807, 2.05) is 13.8 Å². The van der Waals surface area contributed by atoms with E-state index in [9.17, 15) is 4.39 Å². The lowest BCUT2D eigenvalue weighted by atomic mass is 10.3. The zero-order valence-electron chi connectivity index (χ0n) is 10.2. The first-order valence-electron chi connectivity index (χ1n) is 5.76. The average Bonchev–Trinajstić information content (AvgIpc) is 2.25. The van der Waals surface area contributed by atoms with Gasteiger partial charge in [-0.1, -0.05) is 11.6 Å². The number of halogens is 2. The summed E-state index contributed by atoms with van der Waals surface area (Å²) in [6.07, 6.45) is 3.55. The Kier molecular flexibility index (Phi) is 6.22. The molecule has 0 fully saturated rings. The zero-order valence-corrected chi connectivity index (χ0v) is 10.9. The van der Waals surface area contributed by atoms with E-state index in [1.54, 1.807) is 0 Å². The van der Waals surface area contributed by atoms with E-state index in [0.717, 1.165) is 19.4 Å². The van der Waals surface area contributed by atoms with Crippen molar-refractivity contribution in [3.8, 4) is 0 Å². The second-order valence-corrected chi connectivity index (χ2v) is 4.47. The molecule has 3 nitrogen and oxygen atoms in total. The Morgan fingerprint density at radius 2 is 2.24 bits per heavy atom. The maximum Gasteiger partial charge on any atom is 0.166 e. The number of rotatable bonds is 7. The predicted molar refractivity (Wildman–Crippen MR) is 68.0 cm³/mol. The van der Waals surface area contributed by atoms with Crippen LogP contribution in [-0.4, -0.2) is 24.2 Å². The van der Waals surface area contributed by atoms with E-state index in [-0.39, 0.29) is 11.9 Å². The molecular weight excluding hydrogens is 243 g/mol. The van der Waals surface area contributed by atoms with Crippen LogP contribution in [0, 0.1) is 5.82 Å². The molecule has 1 rings (SSSR count). The molecule has 0 atom stereocenters. The van der Waals surface area contributed by atoms with Gasteiger partial charge in [0.15, 0.2) is 11.6 Å². The minimum Gasteiger partial charge on any atom is -0.379 e. The fraction of sp³-hybridized carbons (Fsp3) is 0.583. The van der Waals surface area contributed by atoms with Crippen molar-refractivity contribution in [3.63, 3.8) is 0 Å². The van der Waals surface area contributed by atoms with E-state index in [0.29, 0.717) is 11.6 Å². The third-order valence-electron chi connectivity index (χ3n) is 2.12. The Hall–Kier alpha value is -0.870. The summed E-state index contributed by atoms with van der Waals surface area (Å²) in [5.41, 5.74) is 0. The maximum atomic E-state index is 13.3. The maximum absolute atomic E-state index is 13.3. The topological polar surface area (TPSA) is 34.1 Å². The number of nitrogens with zero attached hydrogens (tertiary/aromatic N) is 1. The highest BCUT2D eigenvalue weighted by Crippen LogP contribution is 2.15. The molecule has 0 aliphatic rings. The Bertz CT molecular complexity index is 347. The molecule has 0 unspecified atom stereocenters. The summed E-state index contributed by atoms with van der Waals surface area (Å²) >= 11 is 5.60. The summed E-state index contributed by atoms with van der Waals surface area (Å²) in [6.45, 7) is 5.42. The number of nitrogens with one attached hydrogen (secondary N) is 1. The van der Waals surface area contributed by atoms with Crippen LogP contribution in [-0.2, 0) is 4.74 Å². The minimum atomic E-state index is -0.420. The molecule has 17 heavy (non-hydrogen) atoms. The molecule has 96 valence electrons. The van der Waals surface area contributed by atoms with Gasteiger partial charge in [-0.05, 0) is 32.8 Å². The smallest absolute Gasteiger partial charge is 0.166 e. The van der Waals surface area contributed by atoms with Crippen LogP contribution in [0.4, 0.5) is 10.2 Å². The molecule has 0 saturated carbocycles. The second-order valence-electron chi connectivity index (χ2n) is 4.04. The molecule has 0 amide bonds. The number of anilines is 1. The molecule has 0 saturated heterocycles. The van der Waals surface area contributed by atoms with Crippen molar-refractivity contribution in [2.24, 2.45) is 0 Å². The van der Waals surface area contributed by atoms with Crippen LogP contribution in [0.1, 0.15) is 26.7 Å². The monoisotopic (exact) mass is 260 g/mol. The number of pyridine rings is 1. The van der Waals surface area contributed by atoms with Gasteiger partial charge < -0.3 is 10.1 Å². The first kappa shape index (κ1) is 14.2. The molecule has 0 aromatic carbocycles. The van der Waals surface area contributed by atoms with Crippen molar-refractivity contribution < 1.29 is 9.13 Å². The third-order valence-corrected chi connectivity index (χ3v) is 2.33. The summed E-state index contributed by atoms with van der Waals surface area (Å²) in [7, 11) is 0.